The molecule has 0 bridgehead atoms. The zero-order valence-electron chi connectivity index (χ0n) is 12.9. The standard InChI is InChI=1S/C16H26N4O/c1-14(21)12-19-9-2-4-16(13-19)5-10-20(11-6-16)15-17-7-3-8-18-15/h3,7-8,14,21H,2,4-6,9-13H2,1H3/t14-/m1/s1. The van der Waals surface area contributed by atoms with Crippen molar-refractivity contribution in [3.8, 4) is 0 Å². The molecule has 3 rings (SSSR count). The summed E-state index contributed by atoms with van der Waals surface area (Å²) in [5.41, 5.74) is 0.443. The molecule has 1 N–H and O–H groups in total. The van der Waals surface area contributed by atoms with Gasteiger partial charge in [-0.2, -0.15) is 0 Å². The first-order valence-electron chi connectivity index (χ1n) is 8.09. The zero-order chi connectivity index (χ0) is 14.7. The Bertz CT molecular complexity index is 443. The molecule has 5 nitrogen and oxygen atoms in total. The average molecular weight is 290 g/mol. The number of anilines is 1. The third-order valence-electron chi connectivity index (χ3n) is 4.92. The summed E-state index contributed by atoms with van der Waals surface area (Å²) in [6.07, 6.45) is 8.41. The molecule has 0 aliphatic carbocycles. The summed E-state index contributed by atoms with van der Waals surface area (Å²) in [4.78, 5) is 13.5. The molecule has 1 aromatic rings. The number of aliphatic hydroxyl groups is 1. The maximum Gasteiger partial charge on any atom is 0.225 e. The first kappa shape index (κ1) is 14.7. The number of likely N-dealkylation sites (tertiary alicyclic amines) is 1. The van der Waals surface area contributed by atoms with Gasteiger partial charge in [0.25, 0.3) is 0 Å². The normalized spacial score (nSPS) is 24.2. The third kappa shape index (κ3) is 3.52. The molecule has 2 aliphatic heterocycles. The Balaban J connectivity index is 1.59. The van der Waals surface area contributed by atoms with E-state index in [0.29, 0.717) is 5.41 Å². The van der Waals surface area contributed by atoms with Crippen molar-refractivity contribution in [3.05, 3.63) is 18.5 Å². The SMILES string of the molecule is C[C@@H](O)CN1CCCC2(CCN(c3ncccn3)CC2)C1. The fraction of sp³-hybridized carbons (Fsp3) is 0.750. The molecule has 5 heteroatoms. The topological polar surface area (TPSA) is 52.5 Å². The van der Waals surface area contributed by atoms with Crippen molar-refractivity contribution < 1.29 is 5.11 Å². The van der Waals surface area contributed by atoms with Gasteiger partial charge in [-0.1, -0.05) is 0 Å². The van der Waals surface area contributed by atoms with Crippen LogP contribution in [0.5, 0.6) is 0 Å². The number of nitrogens with zero attached hydrogens (tertiary/aromatic N) is 4. The molecule has 116 valence electrons. The lowest BCUT2D eigenvalue weighted by molar-refractivity contribution is 0.0360. The molecule has 2 fully saturated rings. The van der Waals surface area contributed by atoms with Crippen molar-refractivity contribution in [1.29, 1.82) is 0 Å². The number of piperidine rings is 2. The highest BCUT2D eigenvalue weighted by Gasteiger charge is 2.38. The van der Waals surface area contributed by atoms with Gasteiger partial charge in [-0.05, 0) is 50.6 Å². The van der Waals surface area contributed by atoms with Gasteiger partial charge in [0.2, 0.25) is 5.95 Å². The lowest BCUT2D eigenvalue weighted by atomic mass is 9.72. The van der Waals surface area contributed by atoms with Crippen LogP contribution in [0.3, 0.4) is 0 Å². The smallest absolute Gasteiger partial charge is 0.225 e. The number of β-amino-alcohol motifs (C(OH)–C–C–N with tert-alkyl or cyclic N) is 1. The van der Waals surface area contributed by atoms with Gasteiger partial charge in [0.1, 0.15) is 0 Å². The summed E-state index contributed by atoms with van der Waals surface area (Å²) in [5.74, 6) is 0.865. The van der Waals surface area contributed by atoms with Gasteiger partial charge in [0.15, 0.2) is 0 Å². The fourth-order valence-corrected chi connectivity index (χ4v) is 3.88. The number of aromatic nitrogens is 2. The summed E-state index contributed by atoms with van der Waals surface area (Å²) in [6.45, 7) is 7.07. The molecule has 1 aromatic heterocycles. The number of hydrogen-bond acceptors (Lipinski definition) is 5. The lowest BCUT2D eigenvalue weighted by Gasteiger charge is -2.48. The highest BCUT2D eigenvalue weighted by atomic mass is 16.3. The molecule has 0 saturated carbocycles. The first-order chi connectivity index (χ1) is 10.2. The van der Waals surface area contributed by atoms with Gasteiger partial charge in [-0.15, -0.1) is 0 Å². The Morgan fingerprint density at radius 1 is 1.19 bits per heavy atom. The van der Waals surface area contributed by atoms with Crippen molar-refractivity contribution in [2.24, 2.45) is 5.41 Å². The van der Waals surface area contributed by atoms with E-state index in [1.807, 2.05) is 25.4 Å². The maximum absolute atomic E-state index is 9.62. The Morgan fingerprint density at radius 3 is 2.57 bits per heavy atom. The highest BCUT2D eigenvalue weighted by Crippen LogP contribution is 2.40. The van der Waals surface area contributed by atoms with Gasteiger partial charge in [0, 0.05) is 38.6 Å². The highest BCUT2D eigenvalue weighted by molar-refractivity contribution is 5.29. The number of hydrogen-bond donors (Lipinski definition) is 1. The van der Waals surface area contributed by atoms with Crippen LogP contribution >= 0.6 is 0 Å². The fourth-order valence-electron chi connectivity index (χ4n) is 3.88. The predicted octanol–water partition coefficient (Wildman–Crippen LogP) is 1.54. The summed E-state index contributed by atoms with van der Waals surface area (Å²) in [7, 11) is 0. The van der Waals surface area contributed by atoms with E-state index in [9.17, 15) is 5.11 Å². The zero-order valence-corrected chi connectivity index (χ0v) is 12.9. The van der Waals surface area contributed by atoms with E-state index < -0.39 is 0 Å². The van der Waals surface area contributed by atoms with Crippen molar-refractivity contribution in [2.75, 3.05) is 37.6 Å². The van der Waals surface area contributed by atoms with E-state index in [1.54, 1.807) is 0 Å². The Labute approximate surface area is 127 Å². The van der Waals surface area contributed by atoms with E-state index in [2.05, 4.69) is 19.8 Å². The average Bonchev–Trinajstić information content (AvgIpc) is 2.48. The molecular weight excluding hydrogens is 264 g/mol. The monoisotopic (exact) mass is 290 g/mol. The van der Waals surface area contributed by atoms with Gasteiger partial charge < -0.3 is 14.9 Å². The van der Waals surface area contributed by atoms with E-state index >= 15 is 0 Å². The molecule has 2 aliphatic rings. The van der Waals surface area contributed by atoms with Gasteiger partial charge in [-0.3, -0.25) is 0 Å². The summed E-state index contributed by atoms with van der Waals surface area (Å²) in [5, 5.41) is 9.62. The van der Waals surface area contributed by atoms with Crippen molar-refractivity contribution in [3.63, 3.8) is 0 Å². The third-order valence-corrected chi connectivity index (χ3v) is 4.92. The van der Waals surface area contributed by atoms with Crippen LogP contribution in [0, 0.1) is 5.41 Å². The Hall–Kier alpha value is -1.20. The van der Waals surface area contributed by atoms with Crippen LogP contribution in [-0.4, -0.2) is 58.8 Å². The van der Waals surface area contributed by atoms with Gasteiger partial charge in [-0.25, -0.2) is 9.97 Å². The van der Waals surface area contributed by atoms with Crippen LogP contribution in [0.4, 0.5) is 5.95 Å². The molecule has 3 heterocycles. The van der Waals surface area contributed by atoms with Crippen LogP contribution in [0.2, 0.25) is 0 Å². The first-order valence-corrected chi connectivity index (χ1v) is 8.09. The van der Waals surface area contributed by atoms with Crippen LogP contribution in [0.15, 0.2) is 18.5 Å². The number of rotatable bonds is 3. The lowest BCUT2D eigenvalue weighted by Crippen LogP contribution is -2.51. The van der Waals surface area contributed by atoms with Crippen molar-refractivity contribution >= 4 is 5.95 Å². The molecule has 21 heavy (non-hydrogen) atoms. The van der Waals surface area contributed by atoms with E-state index in [1.165, 1.54) is 25.7 Å². The Kier molecular flexibility index (Phi) is 4.40. The van der Waals surface area contributed by atoms with E-state index in [-0.39, 0.29) is 6.10 Å². The Morgan fingerprint density at radius 2 is 1.90 bits per heavy atom. The van der Waals surface area contributed by atoms with Crippen LogP contribution < -0.4 is 4.90 Å². The van der Waals surface area contributed by atoms with Gasteiger partial charge >= 0.3 is 0 Å². The molecule has 0 amide bonds. The second kappa shape index (κ2) is 6.28. The molecule has 0 radical (unpaired) electrons. The number of aliphatic hydroxyl groups excluding tert-OH is 1. The molecule has 0 unspecified atom stereocenters. The molecular formula is C16H26N4O. The van der Waals surface area contributed by atoms with Crippen molar-refractivity contribution in [2.45, 2.75) is 38.7 Å². The maximum atomic E-state index is 9.62. The quantitative estimate of drug-likeness (QED) is 0.915. The minimum absolute atomic E-state index is 0.224. The largest absolute Gasteiger partial charge is 0.392 e. The van der Waals surface area contributed by atoms with Crippen LogP contribution in [0.25, 0.3) is 0 Å². The summed E-state index contributed by atoms with van der Waals surface area (Å²) < 4.78 is 0. The van der Waals surface area contributed by atoms with Crippen LogP contribution in [-0.2, 0) is 0 Å². The minimum Gasteiger partial charge on any atom is -0.392 e. The second-order valence-corrected chi connectivity index (χ2v) is 6.72. The molecule has 1 atom stereocenters. The van der Waals surface area contributed by atoms with E-state index in [0.717, 1.165) is 38.7 Å². The second-order valence-electron chi connectivity index (χ2n) is 6.72. The summed E-state index contributed by atoms with van der Waals surface area (Å²) >= 11 is 0. The minimum atomic E-state index is -0.224. The summed E-state index contributed by atoms with van der Waals surface area (Å²) in [6, 6.07) is 1.87. The molecule has 1 spiro atoms. The predicted molar refractivity (Wildman–Crippen MR) is 83.3 cm³/mol. The molecule has 0 aromatic carbocycles. The van der Waals surface area contributed by atoms with Crippen molar-refractivity contribution in [1.82, 2.24) is 14.9 Å². The van der Waals surface area contributed by atoms with Gasteiger partial charge in [0.05, 0.1) is 6.10 Å². The van der Waals surface area contributed by atoms with E-state index in [4.69, 9.17) is 0 Å². The molecule has 2 saturated heterocycles. The van der Waals surface area contributed by atoms with Crippen LogP contribution in [0.1, 0.15) is 32.6 Å².